The predicted octanol–water partition coefficient (Wildman–Crippen LogP) is 2.61. The van der Waals surface area contributed by atoms with Crippen LogP contribution >= 0.6 is 12.2 Å². The molecular formula is C13H11FN2O2S. The number of hydrogen-bond donors (Lipinski definition) is 2. The van der Waals surface area contributed by atoms with Gasteiger partial charge in [-0.15, -0.1) is 0 Å². The van der Waals surface area contributed by atoms with Crippen molar-refractivity contribution < 1.29 is 13.6 Å². The second-order valence-corrected chi connectivity index (χ2v) is 4.35. The van der Waals surface area contributed by atoms with Gasteiger partial charge in [0.2, 0.25) is 0 Å². The van der Waals surface area contributed by atoms with Crippen LogP contribution in [0.5, 0.6) is 0 Å². The van der Waals surface area contributed by atoms with Crippen molar-refractivity contribution >= 4 is 28.8 Å². The molecule has 0 aliphatic carbocycles. The molecule has 0 fully saturated rings. The van der Waals surface area contributed by atoms with E-state index in [0.29, 0.717) is 5.56 Å². The minimum atomic E-state index is -0.582. The average molecular weight is 278 g/mol. The molecule has 1 aromatic heterocycles. The third-order valence-corrected chi connectivity index (χ3v) is 2.78. The van der Waals surface area contributed by atoms with Crippen LogP contribution in [0.3, 0.4) is 0 Å². The minimum Gasteiger partial charge on any atom is -0.459 e. The van der Waals surface area contributed by atoms with Gasteiger partial charge in [-0.1, -0.05) is 18.3 Å². The topological polar surface area (TPSA) is 68.3 Å². The van der Waals surface area contributed by atoms with E-state index in [4.69, 9.17) is 22.4 Å². The van der Waals surface area contributed by atoms with Crippen LogP contribution in [0.2, 0.25) is 0 Å². The first kappa shape index (κ1) is 13.2. The molecule has 0 aliphatic rings. The number of thiocarbonyl (C=S) groups is 1. The first-order valence-corrected chi connectivity index (χ1v) is 5.85. The lowest BCUT2D eigenvalue weighted by Gasteiger charge is -2.10. The molecule has 98 valence electrons. The zero-order valence-corrected chi connectivity index (χ0v) is 10.9. The minimum absolute atomic E-state index is 0.00931. The summed E-state index contributed by atoms with van der Waals surface area (Å²) in [5.41, 5.74) is 6.37. The van der Waals surface area contributed by atoms with Gasteiger partial charge in [0, 0.05) is 5.56 Å². The lowest BCUT2D eigenvalue weighted by molar-refractivity contribution is 0.0996. The Morgan fingerprint density at radius 3 is 2.74 bits per heavy atom. The third kappa shape index (κ3) is 2.63. The summed E-state index contributed by atoms with van der Waals surface area (Å²) in [5, 5.41) is 2.54. The van der Waals surface area contributed by atoms with Crippen molar-refractivity contribution in [2.75, 3.05) is 5.32 Å². The Kier molecular flexibility index (Phi) is 3.62. The molecule has 0 bridgehead atoms. The number of amides is 1. The van der Waals surface area contributed by atoms with Crippen LogP contribution in [0.4, 0.5) is 10.1 Å². The summed E-state index contributed by atoms with van der Waals surface area (Å²) in [7, 11) is 0. The highest BCUT2D eigenvalue weighted by atomic mass is 32.1. The van der Waals surface area contributed by atoms with Gasteiger partial charge in [-0.2, -0.15) is 0 Å². The number of nitrogens with one attached hydrogen (secondary N) is 1. The monoisotopic (exact) mass is 278 g/mol. The third-order valence-electron chi connectivity index (χ3n) is 2.58. The Labute approximate surface area is 114 Å². The second-order valence-electron chi connectivity index (χ2n) is 3.91. The largest absolute Gasteiger partial charge is 0.459 e. The molecule has 1 amide bonds. The molecule has 4 nitrogen and oxygen atoms in total. The van der Waals surface area contributed by atoms with Gasteiger partial charge in [0.15, 0.2) is 5.76 Å². The van der Waals surface area contributed by atoms with Gasteiger partial charge in [0.1, 0.15) is 10.8 Å². The van der Waals surface area contributed by atoms with E-state index in [1.807, 2.05) is 0 Å². The summed E-state index contributed by atoms with van der Waals surface area (Å²) >= 11 is 4.78. The number of anilines is 1. The Bertz CT molecular complexity index is 652. The zero-order valence-electron chi connectivity index (χ0n) is 10.1. The molecule has 0 radical (unpaired) electrons. The summed E-state index contributed by atoms with van der Waals surface area (Å²) in [4.78, 5) is 11.8. The number of hydrogen-bond acceptors (Lipinski definition) is 3. The summed E-state index contributed by atoms with van der Waals surface area (Å²) in [5.74, 6) is -0.898. The number of nitrogens with two attached hydrogens (primary N) is 1. The molecule has 19 heavy (non-hydrogen) atoms. The van der Waals surface area contributed by atoms with Gasteiger partial charge in [0.05, 0.1) is 17.5 Å². The Balaban J connectivity index is 2.35. The van der Waals surface area contributed by atoms with Crippen LogP contribution in [0, 0.1) is 12.7 Å². The molecule has 0 atom stereocenters. The average Bonchev–Trinajstić information content (AvgIpc) is 2.75. The molecule has 0 aliphatic heterocycles. The first-order chi connectivity index (χ1) is 9.00. The molecule has 1 heterocycles. The molecule has 0 spiro atoms. The van der Waals surface area contributed by atoms with Crippen molar-refractivity contribution in [2.45, 2.75) is 6.92 Å². The maximum absolute atomic E-state index is 13.6. The van der Waals surface area contributed by atoms with Crippen LogP contribution in [0.15, 0.2) is 34.9 Å². The second kappa shape index (κ2) is 5.19. The molecule has 2 rings (SSSR count). The van der Waals surface area contributed by atoms with Crippen LogP contribution in [0.1, 0.15) is 21.7 Å². The van der Waals surface area contributed by atoms with Gasteiger partial charge in [0.25, 0.3) is 5.91 Å². The van der Waals surface area contributed by atoms with Crippen molar-refractivity contribution in [1.82, 2.24) is 0 Å². The predicted molar refractivity (Wildman–Crippen MR) is 73.7 cm³/mol. The lowest BCUT2D eigenvalue weighted by atomic mass is 10.1. The first-order valence-electron chi connectivity index (χ1n) is 5.44. The molecule has 1 aromatic carbocycles. The highest BCUT2D eigenvalue weighted by Crippen LogP contribution is 2.20. The van der Waals surface area contributed by atoms with Crippen molar-refractivity contribution in [3.05, 3.63) is 53.2 Å². The fourth-order valence-corrected chi connectivity index (χ4v) is 1.87. The van der Waals surface area contributed by atoms with Gasteiger partial charge in [-0.3, -0.25) is 4.79 Å². The van der Waals surface area contributed by atoms with Crippen molar-refractivity contribution in [3.8, 4) is 0 Å². The molecular weight excluding hydrogens is 267 g/mol. The van der Waals surface area contributed by atoms with Crippen LogP contribution in [-0.4, -0.2) is 10.9 Å². The maximum atomic E-state index is 13.6. The smallest absolute Gasteiger partial charge is 0.291 e. The van der Waals surface area contributed by atoms with E-state index in [1.165, 1.54) is 24.5 Å². The van der Waals surface area contributed by atoms with Crippen molar-refractivity contribution in [1.29, 1.82) is 0 Å². The number of carbonyl (C=O) groups excluding carboxylic acids is 1. The van der Waals surface area contributed by atoms with E-state index < -0.39 is 11.7 Å². The Morgan fingerprint density at radius 2 is 2.16 bits per heavy atom. The van der Waals surface area contributed by atoms with Crippen molar-refractivity contribution in [3.63, 3.8) is 0 Å². The number of benzene rings is 1. The van der Waals surface area contributed by atoms with Crippen LogP contribution < -0.4 is 11.1 Å². The van der Waals surface area contributed by atoms with Gasteiger partial charge < -0.3 is 15.5 Å². The van der Waals surface area contributed by atoms with E-state index in [0.717, 1.165) is 0 Å². The van der Waals surface area contributed by atoms with E-state index in [1.54, 1.807) is 13.0 Å². The fraction of sp³-hybridized carbons (Fsp3) is 0.0769. The van der Waals surface area contributed by atoms with E-state index in [2.05, 4.69) is 5.32 Å². The molecule has 6 heteroatoms. The number of rotatable bonds is 3. The molecule has 0 saturated heterocycles. The molecule has 3 N–H and O–H groups in total. The van der Waals surface area contributed by atoms with Gasteiger partial charge in [-0.25, -0.2) is 4.39 Å². The lowest BCUT2D eigenvalue weighted by Crippen LogP contribution is -2.19. The summed E-state index contributed by atoms with van der Waals surface area (Å²) < 4.78 is 18.7. The Hall–Kier alpha value is -2.21. The number of furan rings is 1. The van der Waals surface area contributed by atoms with E-state index in [-0.39, 0.29) is 22.0 Å². The molecule has 0 saturated carbocycles. The standard InChI is InChI=1S/C13H11FN2O2S/c1-7-5-6-18-11(7)13(17)16-9-4-2-3-8(14)10(9)12(15)19/h2-6H,1H3,(H2,15,19)(H,16,17). The van der Waals surface area contributed by atoms with Gasteiger partial charge in [-0.05, 0) is 25.1 Å². The van der Waals surface area contributed by atoms with Crippen LogP contribution in [-0.2, 0) is 0 Å². The molecule has 0 unspecified atom stereocenters. The highest BCUT2D eigenvalue weighted by molar-refractivity contribution is 7.80. The van der Waals surface area contributed by atoms with Crippen molar-refractivity contribution in [2.24, 2.45) is 5.73 Å². The molecule has 2 aromatic rings. The van der Waals surface area contributed by atoms with Crippen LogP contribution in [0.25, 0.3) is 0 Å². The SMILES string of the molecule is Cc1ccoc1C(=O)Nc1cccc(F)c1C(N)=S. The summed E-state index contributed by atoms with van der Waals surface area (Å²) in [6, 6.07) is 5.87. The number of aryl methyl sites for hydroxylation is 1. The zero-order chi connectivity index (χ0) is 14.0. The summed E-state index contributed by atoms with van der Waals surface area (Å²) in [6.07, 6.45) is 1.41. The maximum Gasteiger partial charge on any atom is 0.291 e. The number of carbonyl (C=O) groups is 1. The van der Waals surface area contributed by atoms with E-state index in [9.17, 15) is 9.18 Å². The van der Waals surface area contributed by atoms with Gasteiger partial charge >= 0.3 is 0 Å². The normalized spacial score (nSPS) is 10.2. The fourth-order valence-electron chi connectivity index (χ4n) is 1.66. The summed E-state index contributed by atoms with van der Waals surface area (Å²) in [6.45, 7) is 1.73. The number of halogens is 1. The Morgan fingerprint density at radius 1 is 1.42 bits per heavy atom. The highest BCUT2D eigenvalue weighted by Gasteiger charge is 2.17. The van der Waals surface area contributed by atoms with E-state index >= 15 is 0 Å². The quantitative estimate of drug-likeness (QED) is 0.847.